The van der Waals surface area contributed by atoms with Crippen LogP contribution in [-0.2, 0) is 0 Å². The van der Waals surface area contributed by atoms with Crippen LogP contribution in [0, 0.1) is 0 Å². The van der Waals surface area contributed by atoms with E-state index in [2.05, 4.69) is 20.8 Å². The first-order chi connectivity index (χ1) is 12.1. The number of rotatable bonds is 6. The first kappa shape index (κ1) is 17.0. The average Bonchev–Trinajstić information content (AvgIpc) is 3.24. The van der Waals surface area contributed by atoms with Gasteiger partial charge in [0.25, 0.3) is 0 Å². The van der Waals surface area contributed by atoms with Gasteiger partial charge in [-0.05, 0) is 45.3 Å². The van der Waals surface area contributed by atoms with Gasteiger partial charge in [0.2, 0.25) is 0 Å². The second-order valence-electron chi connectivity index (χ2n) is 6.06. The molecule has 8 nitrogen and oxygen atoms in total. The number of urea groups is 1. The van der Waals surface area contributed by atoms with Gasteiger partial charge in [-0.2, -0.15) is 0 Å². The Morgan fingerprint density at radius 1 is 1.28 bits per heavy atom. The highest BCUT2D eigenvalue weighted by Gasteiger charge is 2.19. The van der Waals surface area contributed by atoms with Gasteiger partial charge in [-0.1, -0.05) is 6.07 Å². The van der Waals surface area contributed by atoms with Crippen LogP contribution in [0.1, 0.15) is 30.6 Å². The number of likely N-dealkylation sites (N-methyl/N-ethyl adjacent to an activating group) is 1. The van der Waals surface area contributed by atoms with Gasteiger partial charge in [-0.25, -0.2) is 4.79 Å². The Bertz CT molecular complexity index is 827. The molecule has 132 valence electrons. The highest BCUT2D eigenvalue weighted by Crippen LogP contribution is 2.17. The van der Waals surface area contributed by atoms with Crippen LogP contribution in [0.5, 0.6) is 0 Å². The van der Waals surface area contributed by atoms with Crippen LogP contribution in [0.2, 0.25) is 0 Å². The van der Waals surface area contributed by atoms with E-state index in [1.807, 2.05) is 66.8 Å². The Morgan fingerprint density at radius 2 is 2.12 bits per heavy atom. The molecular formula is C17H22N6O2. The zero-order valence-corrected chi connectivity index (χ0v) is 14.5. The summed E-state index contributed by atoms with van der Waals surface area (Å²) in [6.07, 6.45) is 3.50. The van der Waals surface area contributed by atoms with Gasteiger partial charge in [-0.3, -0.25) is 9.30 Å². The average molecular weight is 342 g/mol. The fourth-order valence-corrected chi connectivity index (χ4v) is 2.68. The smallest absolute Gasteiger partial charge is 0.315 e. The first-order valence-electron chi connectivity index (χ1n) is 8.10. The third-order valence-corrected chi connectivity index (χ3v) is 4.03. The number of carbonyl (C=O) groups excluding carboxylic acids is 1. The SMILES string of the molecule is C[C@@H](NC(=O)NC[C@@H](c1ccco1)N(C)C)c1nnc2ccccn12. The van der Waals surface area contributed by atoms with Gasteiger partial charge in [0.1, 0.15) is 5.76 Å². The number of amides is 2. The van der Waals surface area contributed by atoms with E-state index in [1.165, 1.54) is 0 Å². The van der Waals surface area contributed by atoms with Crippen LogP contribution in [0.15, 0.2) is 47.2 Å². The van der Waals surface area contributed by atoms with Crippen LogP contribution in [0.4, 0.5) is 4.79 Å². The number of hydrogen-bond donors (Lipinski definition) is 2. The third kappa shape index (κ3) is 3.80. The summed E-state index contributed by atoms with van der Waals surface area (Å²) in [6.45, 7) is 2.30. The summed E-state index contributed by atoms with van der Waals surface area (Å²) >= 11 is 0. The van der Waals surface area contributed by atoms with Crippen LogP contribution in [0.25, 0.3) is 5.65 Å². The normalized spacial score (nSPS) is 13.8. The zero-order valence-electron chi connectivity index (χ0n) is 14.5. The zero-order chi connectivity index (χ0) is 17.8. The lowest BCUT2D eigenvalue weighted by atomic mass is 10.2. The Labute approximate surface area is 145 Å². The van der Waals surface area contributed by atoms with E-state index in [4.69, 9.17) is 4.42 Å². The Hall–Kier alpha value is -2.87. The predicted molar refractivity (Wildman–Crippen MR) is 93.1 cm³/mol. The van der Waals surface area contributed by atoms with E-state index in [0.29, 0.717) is 12.4 Å². The molecule has 0 aromatic carbocycles. The van der Waals surface area contributed by atoms with Crippen molar-refractivity contribution in [3.63, 3.8) is 0 Å². The van der Waals surface area contributed by atoms with Crippen LogP contribution >= 0.6 is 0 Å². The second-order valence-corrected chi connectivity index (χ2v) is 6.06. The van der Waals surface area contributed by atoms with Crippen molar-refractivity contribution in [1.29, 1.82) is 0 Å². The summed E-state index contributed by atoms with van der Waals surface area (Å²) in [7, 11) is 3.88. The number of furan rings is 1. The molecule has 0 aliphatic rings. The number of carbonyl (C=O) groups is 1. The maximum absolute atomic E-state index is 12.3. The molecule has 2 atom stereocenters. The number of hydrogen-bond acceptors (Lipinski definition) is 5. The minimum atomic E-state index is -0.279. The Balaban J connectivity index is 1.60. The Kier molecular flexibility index (Phi) is 4.99. The molecule has 0 saturated carbocycles. The molecule has 3 aromatic rings. The molecule has 2 N–H and O–H groups in total. The number of nitrogens with one attached hydrogen (secondary N) is 2. The van der Waals surface area contributed by atoms with Crippen molar-refractivity contribution in [2.24, 2.45) is 0 Å². The number of pyridine rings is 1. The molecule has 0 aliphatic heterocycles. The molecule has 25 heavy (non-hydrogen) atoms. The Morgan fingerprint density at radius 3 is 2.84 bits per heavy atom. The molecule has 0 spiro atoms. The summed E-state index contributed by atoms with van der Waals surface area (Å²) in [4.78, 5) is 14.2. The van der Waals surface area contributed by atoms with Crippen molar-refractivity contribution in [2.75, 3.05) is 20.6 Å². The summed E-state index contributed by atoms with van der Waals surface area (Å²) in [6, 6.07) is 8.82. The lowest BCUT2D eigenvalue weighted by Gasteiger charge is -2.23. The molecule has 3 rings (SSSR count). The van der Waals surface area contributed by atoms with Crippen LogP contribution in [0.3, 0.4) is 0 Å². The lowest BCUT2D eigenvalue weighted by Crippen LogP contribution is -2.41. The summed E-state index contributed by atoms with van der Waals surface area (Å²) < 4.78 is 7.30. The van der Waals surface area contributed by atoms with Crippen molar-refractivity contribution in [2.45, 2.75) is 19.0 Å². The summed E-state index contributed by atoms with van der Waals surface area (Å²) in [5, 5.41) is 14.0. The minimum absolute atomic E-state index is 0.0371. The van der Waals surface area contributed by atoms with E-state index in [0.717, 1.165) is 11.4 Å². The minimum Gasteiger partial charge on any atom is -0.468 e. The van der Waals surface area contributed by atoms with E-state index in [1.54, 1.807) is 6.26 Å². The first-order valence-corrected chi connectivity index (χ1v) is 8.10. The van der Waals surface area contributed by atoms with Gasteiger partial charge >= 0.3 is 6.03 Å². The largest absolute Gasteiger partial charge is 0.468 e. The number of fused-ring (bicyclic) bond motifs is 1. The maximum Gasteiger partial charge on any atom is 0.315 e. The molecule has 0 radical (unpaired) electrons. The van der Waals surface area contributed by atoms with E-state index < -0.39 is 0 Å². The van der Waals surface area contributed by atoms with Crippen LogP contribution in [-0.4, -0.2) is 46.2 Å². The van der Waals surface area contributed by atoms with Gasteiger partial charge in [-0.15, -0.1) is 10.2 Å². The molecule has 8 heteroatoms. The van der Waals surface area contributed by atoms with Gasteiger partial charge < -0.3 is 15.1 Å². The molecule has 0 aliphatic carbocycles. The summed E-state index contributed by atoms with van der Waals surface area (Å²) in [5.41, 5.74) is 0.747. The molecule has 0 unspecified atom stereocenters. The van der Waals surface area contributed by atoms with Crippen molar-refractivity contribution < 1.29 is 9.21 Å². The summed E-state index contributed by atoms with van der Waals surface area (Å²) in [5.74, 6) is 1.49. The number of nitrogens with zero attached hydrogens (tertiary/aromatic N) is 4. The molecule has 0 bridgehead atoms. The molecule has 3 aromatic heterocycles. The third-order valence-electron chi connectivity index (χ3n) is 4.03. The van der Waals surface area contributed by atoms with Crippen molar-refractivity contribution in [1.82, 2.24) is 30.1 Å². The molecular weight excluding hydrogens is 320 g/mol. The highest BCUT2D eigenvalue weighted by atomic mass is 16.3. The predicted octanol–water partition coefficient (Wildman–Crippen LogP) is 1.99. The topological polar surface area (TPSA) is 87.7 Å². The van der Waals surface area contributed by atoms with E-state index in [9.17, 15) is 4.79 Å². The van der Waals surface area contributed by atoms with Crippen LogP contribution < -0.4 is 10.6 Å². The fourth-order valence-electron chi connectivity index (χ4n) is 2.68. The molecule has 0 fully saturated rings. The molecule has 3 heterocycles. The number of aromatic nitrogens is 3. The monoisotopic (exact) mass is 342 g/mol. The van der Waals surface area contributed by atoms with Gasteiger partial charge in [0, 0.05) is 12.7 Å². The van der Waals surface area contributed by atoms with Crippen molar-refractivity contribution in [3.05, 3.63) is 54.4 Å². The quantitative estimate of drug-likeness (QED) is 0.715. The van der Waals surface area contributed by atoms with Gasteiger partial charge in [0.15, 0.2) is 11.5 Å². The van der Waals surface area contributed by atoms with Crippen molar-refractivity contribution >= 4 is 11.7 Å². The molecule has 0 saturated heterocycles. The van der Waals surface area contributed by atoms with Crippen molar-refractivity contribution in [3.8, 4) is 0 Å². The van der Waals surface area contributed by atoms with Gasteiger partial charge in [0.05, 0.1) is 18.3 Å². The molecule has 2 amide bonds. The standard InChI is InChI=1S/C17H22N6O2/c1-12(16-21-20-15-8-4-5-9-23(15)16)19-17(24)18-11-13(22(2)3)14-7-6-10-25-14/h4-10,12-13H,11H2,1-3H3,(H2,18,19,24)/t12-,13+/m1/s1. The fraction of sp³-hybridized carbons (Fsp3) is 0.353. The highest BCUT2D eigenvalue weighted by molar-refractivity contribution is 5.74. The second kappa shape index (κ2) is 7.35. The lowest BCUT2D eigenvalue weighted by molar-refractivity contribution is 0.222. The van der Waals surface area contributed by atoms with E-state index in [-0.39, 0.29) is 18.1 Å². The van der Waals surface area contributed by atoms with E-state index >= 15 is 0 Å². The maximum atomic E-state index is 12.3.